The van der Waals surface area contributed by atoms with Crippen LogP contribution in [-0.4, -0.2) is 17.4 Å². The number of hydrogen-bond donors (Lipinski definition) is 2. The highest BCUT2D eigenvalue weighted by molar-refractivity contribution is 4.83. The number of aliphatic hydroxyl groups is 1. The summed E-state index contributed by atoms with van der Waals surface area (Å²) in [6.45, 7) is 2.88. The third-order valence-electron chi connectivity index (χ3n) is 1.69. The SMILES string of the molecule is CCNC1(O)CCC1. The van der Waals surface area contributed by atoms with Gasteiger partial charge in [0.2, 0.25) is 0 Å². The molecule has 2 nitrogen and oxygen atoms in total. The van der Waals surface area contributed by atoms with E-state index in [9.17, 15) is 5.11 Å². The fourth-order valence-electron chi connectivity index (χ4n) is 1.02. The van der Waals surface area contributed by atoms with E-state index in [1.807, 2.05) is 6.92 Å². The van der Waals surface area contributed by atoms with Crippen molar-refractivity contribution in [2.24, 2.45) is 0 Å². The second kappa shape index (κ2) is 2.03. The summed E-state index contributed by atoms with van der Waals surface area (Å²) in [4.78, 5) is 0. The fourth-order valence-corrected chi connectivity index (χ4v) is 1.02. The van der Waals surface area contributed by atoms with E-state index in [0.29, 0.717) is 0 Å². The number of rotatable bonds is 2. The molecule has 8 heavy (non-hydrogen) atoms. The molecule has 0 radical (unpaired) electrons. The number of nitrogens with one attached hydrogen (secondary N) is 1. The Morgan fingerprint density at radius 3 is 2.38 bits per heavy atom. The summed E-state index contributed by atoms with van der Waals surface area (Å²) >= 11 is 0. The van der Waals surface area contributed by atoms with Crippen LogP contribution in [0.5, 0.6) is 0 Å². The lowest BCUT2D eigenvalue weighted by Crippen LogP contribution is -2.50. The highest BCUT2D eigenvalue weighted by Crippen LogP contribution is 2.27. The third kappa shape index (κ3) is 1.01. The van der Waals surface area contributed by atoms with E-state index in [1.54, 1.807) is 0 Å². The summed E-state index contributed by atoms with van der Waals surface area (Å²) in [5.74, 6) is 0. The Balaban J connectivity index is 2.20. The highest BCUT2D eigenvalue weighted by atomic mass is 16.3. The van der Waals surface area contributed by atoms with Gasteiger partial charge < -0.3 is 5.11 Å². The first-order valence-electron chi connectivity index (χ1n) is 3.24. The molecular weight excluding hydrogens is 102 g/mol. The van der Waals surface area contributed by atoms with E-state index in [-0.39, 0.29) is 0 Å². The van der Waals surface area contributed by atoms with Crippen LogP contribution >= 0.6 is 0 Å². The molecular formula is C6H13NO. The van der Waals surface area contributed by atoms with E-state index < -0.39 is 5.72 Å². The molecule has 1 rings (SSSR count). The van der Waals surface area contributed by atoms with Crippen molar-refractivity contribution in [3.05, 3.63) is 0 Å². The van der Waals surface area contributed by atoms with E-state index in [0.717, 1.165) is 19.4 Å². The topological polar surface area (TPSA) is 32.3 Å². The van der Waals surface area contributed by atoms with Crippen LogP contribution < -0.4 is 5.32 Å². The molecule has 0 bridgehead atoms. The van der Waals surface area contributed by atoms with Crippen molar-refractivity contribution in [3.8, 4) is 0 Å². The Bertz CT molecular complexity index is 78.6. The quantitative estimate of drug-likeness (QED) is 0.513. The van der Waals surface area contributed by atoms with Gasteiger partial charge in [0.15, 0.2) is 0 Å². The summed E-state index contributed by atoms with van der Waals surface area (Å²) < 4.78 is 0. The van der Waals surface area contributed by atoms with Gasteiger partial charge in [-0.1, -0.05) is 6.92 Å². The van der Waals surface area contributed by atoms with Crippen molar-refractivity contribution >= 4 is 0 Å². The van der Waals surface area contributed by atoms with E-state index in [4.69, 9.17) is 0 Å². The van der Waals surface area contributed by atoms with Gasteiger partial charge in [0.05, 0.1) is 0 Å². The normalized spacial score (nSPS) is 24.8. The summed E-state index contributed by atoms with van der Waals surface area (Å²) in [6.07, 6.45) is 3.03. The maximum atomic E-state index is 9.30. The molecule has 1 aliphatic carbocycles. The lowest BCUT2D eigenvalue weighted by molar-refractivity contribution is -0.0620. The molecule has 0 amide bonds. The molecule has 0 atom stereocenters. The van der Waals surface area contributed by atoms with E-state index in [2.05, 4.69) is 5.32 Å². The Hall–Kier alpha value is -0.0800. The lowest BCUT2D eigenvalue weighted by Gasteiger charge is -2.37. The van der Waals surface area contributed by atoms with E-state index in [1.165, 1.54) is 6.42 Å². The first-order valence-corrected chi connectivity index (χ1v) is 3.24. The summed E-state index contributed by atoms with van der Waals surface area (Å²) in [7, 11) is 0. The average Bonchev–Trinajstić information content (AvgIpc) is 1.64. The summed E-state index contributed by atoms with van der Waals surface area (Å²) in [5.41, 5.74) is -0.477. The molecule has 2 heteroatoms. The lowest BCUT2D eigenvalue weighted by atomic mass is 9.88. The van der Waals surface area contributed by atoms with Gasteiger partial charge in [0.25, 0.3) is 0 Å². The molecule has 1 saturated carbocycles. The van der Waals surface area contributed by atoms with Gasteiger partial charge in [-0.25, -0.2) is 0 Å². The van der Waals surface area contributed by atoms with Gasteiger partial charge in [0.1, 0.15) is 5.72 Å². The highest BCUT2D eigenvalue weighted by Gasteiger charge is 2.32. The van der Waals surface area contributed by atoms with Gasteiger partial charge in [-0.3, -0.25) is 5.32 Å². The molecule has 0 aliphatic heterocycles. The molecule has 1 fully saturated rings. The Morgan fingerprint density at radius 2 is 2.25 bits per heavy atom. The molecule has 1 aliphatic rings. The fraction of sp³-hybridized carbons (Fsp3) is 1.00. The Morgan fingerprint density at radius 1 is 1.62 bits per heavy atom. The minimum Gasteiger partial charge on any atom is -0.376 e. The Kier molecular flexibility index (Phi) is 1.54. The van der Waals surface area contributed by atoms with Crippen LogP contribution in [0.4, 0.5) is 0 Å². The van der Waals surface area contributed by atoms with Gasteiger partial charge in [-0.2, -0.15) is 0 Å². The predicted molar refractivity (Wildman–Crippen MR) is 32.5 cm³/mol. The van der Waals surface area contributed by atoms with Crippen LogP contribution in [0, 0.1) is 0 Å². The zero-order valence-corrected chi connectivity index (χ0v) is 5.28. The summed E-state index contributed by atoms with van der Waals surface area (Å²) in [5, 5.41) is 12.3. The van der Waals surface area contributed by atoms with Crippen molar-refractivity contribution in [2.45, 2.75) is 31.9 Å². The molecule has 0 heterocycles. The smallest absolute Gasteiger partial charge is 0.116 e. The number of hydrogen-bond acceptors (Lipinski definition) is 2. The second-order valence-electron chi connectivity index (χ2n) is 2.42. The van der Waals surface area contributed by atoms with Gasteiger partial charge in [-0.05, 0) is 25.8 Å². The maximum absolute atomic E-state index is 9.30. The van der Waals surface area contributed by atoms with Crippen molar-refractivity contribution in [2.75, 3.05) is 6.54 Å². The molecule has 2 N–H and O–H groups in total. The zero-order chi connectivity index (χ0) is 6.04. The van der Waals surface area contributed by atoms with Crippen molar-refractivity contribution in [1.29, 1.82) is 0 Å². The van der Waals surface area contributed by atoms with Crippen LogP contribution in [0.3, 0.4) is 0 Å². The van der Waals surface area contributed by atoms with Crippen LogP contribution in [0.25, 0.3) is 0 Å². The second-order valence-corrected chi connectivity index (χ2v) is 2.42. The standard InChI is InChI=1S/C6H13NO/c1-2-7-6(8)4-3-5-6/h7-8H,2-5H2,1H3. The molecule has 0 aromatic carbocycles. The summed E-state index contributed by atoms with van der Waals surface area (Å²) in [6, 6.07) is 0. The van der Waals surface area contributed by atoms with E-state index >= 15 is 0 Å². The monoisotopic (exact) mass is 115 g/mol. The van der Waals surface area contributed by atoms with Gasteiger partial charge in [-0.15, -0.1) is 0 Å². The Labute approximate surface area is 49.9 Å². The minimum absolute atomic E-state index is 0.477. The van der Waals surface area contributed by atoms with Crippen LogP contribution in [0.2, 0.25) is 0 Å². The minimum atomic E-state index is -0.477. The van der Waals surface area contributed by atoms with Crippen LogP contribution in [0.15, 0.2) is 0 Å². The van der Waals surface area contributed by atoms with Crippen molar-refractivity contribution in [1.82, 2.24) is 5.32 Å². The first kappa shape index (κ1) is 6.05. The first-order chi connectivity index (χ1) is 3.77. The van der Waals surface area contributed by atoms with Crippen molar-refractivity contribution in [3.63, 3.8) is 0 Å². The molecule has 0 unspecified atom stereocenters. The largest absolute Gasteiger partial charge is 0.376 e. The molecule has 48 valence electrons. The third-order valence-corrected chi connectivity index (χ3v) is 1.69. The van der Waals surface area contributed by atoms with Crippen molar-refractivity contribution < 1.29 is 5.11 Å². The van der Waals surface area contributed by atoms with Crippen LogP contribution in [-0.2, 0) is 0 Å². The zero-order valence-electron chi connectivity index (χ0n) is 5.28. The average molecular weight is 115 g/mol. The molecule has 0 aromatic heterocycles. The maximum Gasteiger partial charge on any atom is 0.116 e. The van der Waals surface area contributed by atoms with Crippen LogP contribution in [0.1, 0.15) is 26.2 Å². The van der Waals surface area contributed by atoms with Gasteiger partial charge >= 0.3 is 0 Å². The molecule has 0 saturated heterocycles. The molecule has 0 spiro atoms. The molecule has 0 aromatic rings. The predicted octanol–water partition coefficient (Wildman–Crippen LogP) is 0.468. The van der Waals surface area contributed by atoms with Gasteiger partial charge in [0, 0.05) is 0 Å².